The molecular formula is C14H23NO. The number of hydrogen-bond acceptors (Lipinski definition) is 2. The molecule has 0 unspecified atom stereocenters. The fourth-order valence-electron chi connectivity index (χ4n) is 1.57. The van der Waals surface area contributed by atoms with Gasteiger partial charge < -0.3 is 4.74 Å². The summed E-state index contributed by atoms with van der Waals surface area (Å²) in [6.07, 6.45) is 1.96. The van der Waals surface area contributed by atoms with Crippen molar-refractivity contribution in [3.63, 3.8) is 0 Å². The molecular weight excluding hydrogens is 198 g/mol. The van der Waals surface area contributed by atoms with Crippen molar-refractivity contribution in [2.45, 2.75) is 52.4 Å². The number of methoxy groups -OCH3 is 1. The zero-order valence-electron chi connectivity index (χ0n) is 11.5. The summed E-state index contributed by atoms with van der Waals surface area (Å²) >= 11 is 0. The van der Waals surface area contributed by atoms with Crippen LogP contribution in [0.4, 0.5) is 0 Å². The first-order valence-electron chi connectivity index (χ1n) is 5.71. The van der Waals surface area contributed by atoms with Gasteiger partial charge in [0, 0.05) is 11.6 Å². The third kappa shape index (κ3) is 2.75. The third-order valence-electron chi connectivity index (χ3n) is 2.65. The number of aromatic nitrogens is 1. The van der Waals surface area contributed by atoms with Gasteiger partial charge in [0.25, 0.3) is 0 Å². The molecule has 1 aromatic rings. The van der Waals surface area contributed by atoms with Gasteiger partial charge in [-0.05, 0) is 17.0 Å². The van der Waals surface area contributed by atoms with Gasteiger partial charge in [-0.25, -0.2) is 0 Å². The molecule has 0 radical (unpaired) electrons. The lowest BCUT2D eigenvalue weighted by Gasteiger charge is -2.24. The Morgan fingerprint density at radius 2 is 1.56 bits per heavy atom. The fraction of sp³-hybridized carbons (Fsp3) is 0.643. The van der Waals surface area contributed by atoms with Crippen LogP contribution in [0, 0.1) is 0 Å². The minimum absolute atomic E-state index is 0.0156. The van der Waals surface area contributed by atoms with Crippen molar-refractivity contribution in [3.8, 4) is 5.75 Å². The number of pyridine rings is 1. The van der Waals surface area contributed by atoms with Crippen LogP contribution in [0.2, 0.25) is 0 Å². The molecule has 0 aromatic carbocycles. The standard InChI is InChI=1S/C14H23NO/c1-13(2,3)10-8-11(16-7)12(15-9-10)14(4,5)6/h8-9H,1-7H3. The highest BCUT2D eigenvalue weighted by atomic mass is 16.5. The van der Waals surface area contributed by atoms with Gasteiger partial charge >= 0.3 is 0 Å². The van der Waals surface area contributed by atoms with Gasteiger partial charge in [0.2, 0.25) is 0 Å². The van der Waals surface area contributed by atoms with Crippen molar-refractivity contribution in [1.29, 1.82) is 0 Å². The lowest BCUT2D eigenvalue weighted by molar-refractivity contribution is 0.389. The Labute approximate surface area is 99.0 Å². The Balaban J connectivity index is 3.28. The Kier molecular flexibility index (Phi) is 3.32. The van der Waals surface area contributed by atoms with E-state index in [9.17, 15) is 0 Å². The molecule has 0 saturated carbocycles. The van der Waals surface area contributed by atoms with Crippen molar-refractivity contribution in [2.75, 3.05) is 7.11 Å². The molecule has 16 heavy (non-hydrogen) atoms. The van der Waals surface area contributed by atoms with Gasteiger partial charge in [0.1, 0.15) is 5.75 Å². The molecule has 0 amide bonds. The van der Waals surface area contributed by atoms with Crippen LogP contribution in [0.25, 0.3) is 0 Å². The highest BCUT2D eigenvalue weighted by molar-refractivity contribution is 5.37. The van der Waals surface area contributed by atoms with E-state index >= 15 is 0 Å². The summed E-state index contributed by atoms with van der Waals surface area (Å²) in [6.45, 7) is 13.0. The van der Waals surface area contributed by atoms with E-state index in [2.05, 4.69) is 52.6 Å². The van der Waals surface area contributed by atoms with Gasteiger partial charge in [0.05, 0.1) is 12.8 Å². The van der Waals surface area contributed by atoms with Crippen molar-refractivity contribution < 1.29 is 4.74 Å². The van der Waals surface area contributed by atoms with Crippen LogP contribution < -0.4 is 4.74 Å². The van der Waals surface area contributed by atoms with Crippen molar-refractivity contribution in [1.82, 2.24) is 4.98 Å². The van der Waals surface area contributed by atoms with Crippen molar-refractivity contribution in [3.05, 3.63) is 23.5 Å². The van der Waals surface area contributed by atoms with E-state index in [1.807, 2.05) is 6.20 Å². The smallest absolute Gasteiger partial charge is 0.141 e. The molecule has 0 spiro atoms. The van der Waals surface area contributed by atoms with E-state index in [0.29, 0.717) is 0 Å². The Morgan fingerprint density at radius 1 is 1.00 bits per heavy atom. The van der Waals surface area contributed by atoms with Crippen LogP contribution in [-0.4, -0.2) is 12.1 Å². The maximum atomic E-state index is 5.45. The summed E-state index contributed by atoms with van der Waals surface area (Å²) in [5.74, 6) is 0.889. The Bertz CT molecular complexity index is 369. The minimum Gasteiger partial charge on any atom is -0.495 e. The first-order valence-corrected chi connectivity index (χ1v) is 5.71. The summed E-state index contributed by atoms with van der Waals surface area (Å²) in [7, 11) is 1.71. The molecule has 1 rings (SSSR count). The summed E-state index contributed by atoms with van der Waals surface area (Å²) in [5.41, 5.74) is 2.35. The van der Waals surface area contributed by atoms with Crippen LogP contribution in [0.5, 0.6) is 5.75 Å². The fourth-order valence-corrected chi connectivity index (χ4v) is 1.57. The molecule has 0 aliphatic heterocycles. The third-order valence-corrected chi connectivity index (χ3v) is 2.65. The predicted molar refractivity (Wildman–Crippen MR) is 68.2 cm³/mol. The maximum Gasteiger partial charge on any atom is 0.141 e. The van der Waals surface area contributed by atoms with Crippen LogP contribution in [0.1, 0.15) is 52.8 Å². The van der Waals surface area contributed by atoms with Gasteiger partial charge in [0.15, 0.2) is 0 Å². The van der Waals surface area contributed by atoms with Crippen LogP contribution >= 0.6 is 0 Å². The molecule has 1 aromatic heterocycles. The van der Waals surface area contributed by atoms with Gasteiger partial charge in [-0.1, -0.05) is 41.5 Å². The second kappa shape index (κ2) is 4.08. The molecule has 0 N–H and O–H groups in total. The molecule has 0 fully saturated rings. The molecule has 2 nitrogen and oxygen atoms in total. The number of nitrogens with zero attached hydrogens (tertiary/aromatic N) is 1. The van der Waals surface area contributed by atoms with E-state index in [-0.39, 0.29) is 10.8 Å². The number of rotatable bonds is 1. The molecule has 0 aliphatic carbocycles. The SMILES string of the molecule is COc1cc(C(C)(C)C)cnc1C(C)(C)C. The zero-order chi connectivity index (χ0) is 12.6. The van der Waals surface area contributed by atoms with E-state index in [4.69, 9.17) is 4.74 Å². The van der Waals surface area contributed by atoms with E-state index in [1.54, 1.807) is 7.11 Å². The van der Waals surface area contributed by atoms with Crippen LogP contribution in [0.3, 0.4) is 0 Å². The molecule has 0 saturated heterocycles. The second-order valence-corrected chi connectivity index (χ2v) is 6.27. The number of ether oxygens (including phenoxy) is 1. The maximum absolute atomic E-state index is 5.45. The Hall–Kier alpha value is -1.05. The average Bonchev–Trinajstić information content (AvgIpc) is 2.14. The number of hydrogen-bond donors (Lipinski definition) is 0. The van der Waals surface area contributed by atoms with Crippen molar-refractivity contribution in [2.24, 2.45) is 0 Å². The highest BCUT2D eigenvalue weighted by Gasteiger charge is 2.23. The summed E-state index contributed by atoms with van der Waals surface area (Å²) in [5, 5.41) is 0. The molecule has 0 bridgehead atoms. The average molecular weight is 221 g/mol. The Morgan fingerprint density at radius 3 is 1.94 bits per heavy atom. The molecule has 0 atom stereocenters. The quantitative estimate of drug-likeness (QED) is 0.721. The van der Waals surface area contributed by atoms with Crippen LogP contribution in [-0.2, 0) is 10.8 Å². The summed E-state index contributed by atoms with van der Waals surface area (Å²) in [6, 6.07) is 2.10. The van der Waals surface area contributed by atoms with E-state index in [1.165, 1.54) is 5.56 Å². The molecule has 2 heteroatoms. The van der Waals surface area contributed by atoms with E-state index < -0.39 is 0 Å². The minimum atomic E-state index is 0.0156. The van der Waals surface area contributed by atoms with E-state index in [0.717, 1.165) is 11.4 Å². The van der Waals surface area contributed by atoms with Gasteiger partial charge in [-0.3, -0.25) is 4.98 Å². The lowest BCUT2D eigenvalue weighted by atomic mass is 9.85. The lowest BCUT2D eigenvalue weighted by Crippen LogP contribution is -2.18. The predicted octanol–water partition coefficient (Wildman–Crippen LogP) is 3.69. The second-order valence-electron chi connectivity index (χ2n) is 6.27. The monoisotopic (exact) mass is 221 g/mol. The molecule has 1 heterocycles. The normalized spacial score (nSPS) is 12.7. The zero-order valence-corrected chi connectivity index (χ0v) is 11.5. The van der Waals surface area contributed by atoms with Gasteiger partial charge in [-0.15, -0.1) is 0 Å². The summed E-state index contributed by atoms with van der Waals surface area (Å²) in [4.78, 5) is 4.56. The first kappa shape index (κ1) is 13.0. The highest BCUT2D eigenvalue weighted by Crippen LogP contribution is 2.32. The van der Waals surface area contributed by atoms with Crippen LogP contribution in [0.15, 0.2) is 12.3 Å². The topological polar surface area (TPSA) is 22.1 Å². The molecule has 0 aliphatic rings. The first-order chi connectivity index (χ1) is 7.16. The van der Waals surface area contributed by atoms with Gasteiger partial charge in [-0.2, -0.15) is 0 Å². The summed E-state index contributed by atoms with van der Waals surface area (Å²) < 4.78 is 5.45. The van der Waals surface area contributed by atoms with Crippen molar-refractivity contribution >= 4 is 0 Å². The largest absolute Gasteiger partial charge is 0.495 e. The molecule has 90 valence electrons.